The lowest BCUT2D eigenvalue weighted by Gasteiger charge is -2.50. The first-order valence-corrected chi connectivity index (χ1v) is 7.73. The molecule has 6 heteroatoms. The molecule has 1 aromatic rings. The van der Waals surface area contributed by atoms with E-state index in [1.165, 1.54) is 0 Å². The smallest absolute Gasteiger partial charge is 0.279 e. The Kier molecular flexibility index (Phi) is 4.22. The third-order valence-corrected chi connectivity index (χ3v) is 4.82. The maximum atomic E-state index is 12.4. The summed E-state index contributed by atoms with van der Waals surface area (Å²) in [6.07, 6.45) is 0. The van der Waals surface area contributed by atoms with Crippen LogP contribution >= 0.6 is 0 Å². The molecule has 1 amide bonds. The number of anilines is 1. The fraction of sp³-hybridized carbons (Fsp3) is 0.562. The first-order chi connectivity index (χ1) is 10.6. The minimum Gasteiger partial charge on any atom is -0.493 e. The van der Waals surface area contributed by atoms with Crippen LogP contribution in [0.15, 0.2) is 18.2 Å². The van der Waals surface area contributed by atoms with E-state index in [0.717, 1.165) is 49.4 Å². The molecule has 1 aromatic carbocycles. The highest BCUT2D eigenvalue weighted by Gasteiger charge is 2.39. The summed E-state index contributed by atoms with van der Waals surface area (Å²) in [5, 5.41) is 2.99. The van der Waals surface area contributed by atoms with E-state index in [1.54, 1.807) is 26.4 Å². The Morgan fingerprint density at radius 2 is 1.77 bits per heavy atom. The predicted octanol–water partition coefficient (Wildman–Crippen LogP) is 0.788. The number of carbonyl (C=O) groups excluding carboxylic acids is 1. The van der Waals surface area contributed by atoms with Crippen molar-refractivity contribution in [3.05, 3.63) is 18.2 Å². The molecule has 120 valence electrons. The lowest BCUT2D eigenvalue weighted by Crippen LogP contribution is -2.68. The summed E-state index contributed by atoms with van der Waals surface area (Å²) in [4.78, 5) is 14.9. The first-order valence-electron chi connectivity index (χ1n) is 7.73. The predicted molar refractivity (Wildman–Crippen MR) is 84.3 cm³/mol. The number of amides is 1. The summed E-state index contributed by atoms with van der Waals surface area (Å²) in [5.41, 5.74) is 0.747. The van der Waals surface area contributed by atoms with Crippen molar-refractivity contribution >= 4 is 11.6 Å². The lowest BCUT2D eigenvalue weighted by atomic mass is 10.1. The van der Waals surface area contributed by atoms with Gasteiger partial charge in [-0.05, 0) is 12.1 Å². The number of nitrogens with zero attached hydrogens (tertiary/aromatic N) is 2. The Labute approximate surface area is 131 Å². The van der Waals surface area contributed by atoms with Crippen molar-refractivity contribution in [1.82, 2.24) is 4.90 Å². The van der Waals surface area contributed by atoms with Gasteiger partial charge in [0.2, 0.25) is 0 Å². The third kappa shape index (κ3) is 3.03. The molecule has 0 atom stereocenters. The molecule has 0 radical (unpaired) electrons. The van der Waals surface area contributed by atoms with Gasteiger partial charge in [0.1, 0.15) is 0 Å². The van der Waals surface area contributed by atoms with Crippen LogP contribution in [0.5, 0.6) is 11.5 Å². The summed E-state index contributed by atoms with van der Waals surface area (Å²) < 4.78 is 11.4. The molecule has 0 aliphatic carbocycles. The molecular formula is C16H24N3O3+. The number of hydrogen-bond donors (Lipinski definition) is 1. The number of fused-ring (bicyclic) bond motifs is 3. The van der Waals surface area contributed by atoms with E-state index < -0.39 is 0 Å². The molecular weight excluding hydrogens is 282 g/mol. The molecule has 2 bridgehead atoms. The molecule has 3 aliphatic heterocycles. The maximum Gasteiger partial charge on any atom is 0.279 e. The van der Waals surface area contributed by atoms with Crippen LogP contribution in [-0.2, 0) is 4.79 Å². The third-order valence-electron chi connectivity index (χ3n) is 4.82. The number of hydrogen-bond acceptors (Lipinski definition) is 4. The molecule has 22 heavy (non-hydrogen) atoms. The van der Waals surface area contributed by atoms with Crippen LogP contribution in [-0.4, -0.2) is 75.3 Å². The number of ether oxygens (including phenoxy) is 2. The van der Waals surface area contributed by atoms with Gasteiger partial charge in [-0.3, -0.25) is 9.69 Å². The van der Waals surface area contributed by atoms with Crippen LogP contribution in [0, 0.1) is 0 Å². The van der Waals surface area contributed by atoms with Crippen LogP contribution in [0.3, 0.4) is 0 Å². The highest BCUT2D eigenvalue weighted by molar-refractivity contribution is 5.92. The largest absolute Gasteiger partial charge is 0.493 e. The quantitative estimate of drug-likeness (QED) is 0.817. The van der Waals surface area contributed by atoms with Crippen molar-refractivity contribution in [2.75, 3.05) is 65.3 Å². The molecule has 4 rings (SSSR count). The number of methoxy groups -OCH3 is 2. The maximum absolute atomic E-state index is 12.4. The van der Waals surface area contributed by atoms with Gasteiger partial charge < -0.3 is 19.3 Å². The highest BCUT2D eigenvalue weighted by atomic mass is 16.5. The van der Waals surface area contributed by atoms with Gasteiger partial charge in [0.25, 0.3) is 5.91 Å². The Morgan fingerprint density at radius 3 is 2.36 bits per heavy atom. The summed E-state index contributed by atoms with van der Waals surface area (Å²) in [6.45, 7) is 7.15. The SMILES string of the molecule is COc1ccc(NC(=O)C[N+]23CCN(CC2)CC3)cc1OC. The fourth-order valence-corrected chi connectivity index (χ4v) is 3.39. The zero-order valence-corrected chi connectivity index (χ0v) is 13.3. The molecule has 3 fully saturated rings. The molecule has 0 spiro atoms. The summed E-state index contributed by atoms with van der Waals surface area (Å²) in [5.74, 6) is 1.36. The van der Waals surface area contributed by atoms with Crippen molar-refractivity contribution in [2.24, 2.45) is 0 Å². The second-order valence-electron chi connectivity index (χ2n) is 6.13. The molecule has 3 saturated heterocycles. The van der Waals surface area contributed by atoms with Crippen molar-refractivity contribution in [3.8, 4) is 11.5 Å². The van der Waals surface area contributed by atoms with Crippen LogP contribution in [0.4, 0.5) is 5.69 Å². The van der Waals surface area contributed by atoms with Crippen molar-refractivity contribution in [1.29, 1.82) is 0 Å². The molecule has 1 N–H and O–H groups in total. The monoisotopic (exact) mass is 306 g/mol. The minimum atomic E-state index is 0.0718. The number of rotatable bonds is 5. The number of quaternary nitrogens is 1. The number of carbonyl (C=O) groups is 1. The van der Waals surface area contributed by atoms with Crippen molar-refractivity contribution in [3.63, 3.8) is 0 Å². The second kappa shape index (κ2) is 6.14. The van der Waals surface area contributed by atoms with Crippen LogP contribution in [0.25, 0.3) is 0 Å². The number of benzene rings is 1. The topological polar surface area (TPSA) is 50.8 Å². The van der Waals surface area contributed by atoms with Gasteiger partial charge in [-0.15, -0.1) is 0 Å². The van der Waals surface area contributed by atoms with Gasteiger partial charge in [0, 0.05) is 31.4 Å². The van der Waals surface area contributed by atoms with E-state index in [4.69, 9.17) is 9.47 Å². The van der Waals surface area contributed by atoms with Crippen molar-refractivity contribution < 1.29 is 18.8 Å². The number of piperazine rings is 3. The van der Waals surface area contributed by atoms with Gasteiger partial charge in [-0.25, -0.2) is 0 Å². The molecule has 0 aromatic heterocycles. The number of nitrogens with one attached hydrogen (secondary N) is 1. The zero-order chi connectivity index (χ0) is 15.6. The first kappa shape index (κ1) is 15.1. The van der Waals surface area contributed by atoms with E-state index >= 15 is 0 Å². The Hall–Kier alpha value is -1.79. The molecule has 6 nitrogen and oxygen atoms in total. The summed E-state index contributed by atoms with van der Waals surface area (Å²) in [7, 11) is 3.19. The lowest BCUT2D eigenvalue weighted by molar-refractivity contribution is -0.933. The Bertz CT molecular complexity index is 540. The molecule has 3 heterocycles. The normalized spacial score (nSPS) is 26.5. The average Bonchev–Trinajstić information content (AvgIpc) is 2.55. The molecule has 3 aliphatic rings. The van der Waals surface area contributed by atoms with Crippen LogP contribution in [0.2, 0.25) is 0 Å². The molecule has 0 saturated carbocycles. The average molecular weight is 306 g/mol. The zero-order valence-electron chi connectivity index (χ0n) is 13.3. The molecule has 0 unspecified atom stereocenters. The summed E-state index contributed by atoms with van der Waals surface area (Å²) in [6, 6.07) is 5.44. The van der Waals surface area contributed by atoms with Crippen LogP contribution in [0.1, 0.15) is 0 Å². The van der Waals surface area contributed by atoms with E-state index in [2.05, 4.69) is 10.2 Å². The highest BCUT2D eigenvalue weighted by Crippen LogP contribution is 2.29. The minimum absolute atomic E-state index is 0.0718. The van der Waals surface area contributed by atoms with Gasteiger partial charge >= 0.3 is 0 Å². The van der Waals surface area contributed by atoms with E-state index in [0.29, 0.717) is 18.0 Å². The van der Waals surface area contributed by atoms with Gasteiger partial charge in [-0.2, -0.15) is 0 Å². The Balaban J connectivity index is 1.64. The van der Waals surface area contributed by atoms with Gasteiger partial charge in [-0.1, -0.05) is 0 Å². The van der Waals surface area contributed by atoms with Crippen molar-refractivity contribution in [2.45, 2.75) is 0 Å². The van der Waals surface area contributed by atoms with Crippen LogP contribution < -0.4 is 14.8 Å². The van der Waals surface area contributed by atoms with Gasteiger partial charge in [0.15, 0.2) is 18.0 Å². The second-order valence-corrected chi connectivity index (χ2v) is 6.13. The standard InChI is InChI=1S/C16H23N3O3/c1-21-14-4-3-13(11-15(14)22-2)17-16(20)12-19-8-5-18(6-9-19)7-10-19/h3-4,11H,5-10,12H2,1-2H3/p+1. The Morgan fingerprint density at radius 1 is 1.14 bits per heavy atom. The van der Waals surface area contributed by atoms with E-state index in [1.807, 2.05) is 6.07 Å². The van der Waals surface area contributed by atoms with E-state index in [-0.39, 0.29) is 5.91 Å². The van der Waals surface area contributed by atoms with E-state index in [9.17, 15) is 4.79 Å². The summed E-state index contributed by atoms with van der Waals surface area (Å²) >= 11 is 0. The van der Waals surface area contributed by atoms with Gasteiger partial charge in [0.05, 0.1) is 33.9 Å². The fourth-order valence-electron chi connectivity index (χ4n) is 3.39.